The fourth-order valence-electron chi connectivity index (χ4n) is 2.03. The molecule has 0 saturated heterocycles. The number of hydrogen-bond donors (Lipinski definition) is 1. The highest BCUT2D eigenvalue weighted by molar-refractivity contribution is 6.30. The van der Waals surface area contributed by atoms with Crippen molar-refractivity contribution in [2.75, 3.05) is 6.54 Å². The lowest BCUT2D eigenvalue weighted by atomic mass is 10.1. The number of rotatable bonds is 1. The Kier molecular flexibility index (Phi) is 2.97. The summed E-state index contributed by atoms with van der Waals surface area (Å²) < 4.78 is 12.9. The summed E-state index contributed by atoms with van der Waals surface area (Å²) in [6, 6.07) is 6.12. The molecule has 0 fully saturated rings. The minimum absolute atomic E-state index is 0.271. The normalized spacial score (nSPS) is 14.3. The first-order chi connectivity index (χ1) is 8.74. The van der Waals surface area contributed by atoms with Crippen LogP contribution in [-0.2, 0) is 13.0 Å². The molecule has 2 aromatic rings. The van der Waals surface area contributed by atoms with Gasteiger partial charge in [0, 0.05) is 30.6 Å². The number of aromatic nitrogens is 2. The molecule has 0 atom stereocenters. The molecule has 18 heavy (non-hydrogen) atoms. The van der Waals surface area contributed by atoms with Gasteiger partial charge in [-0.2, -0.15) is 0 Å². The zero-order valence-electron chi connectivity index (χ0n) is 9.58. The van der Waals surface area contributed by atoms with E-state index in [1.165, 1.54) is 12.1 Å². The molecule has 0 saturated carbocycles. The van der Waals surface area contributed by atoms with E-state index in [9.17, 15) is 4.39 Å². The van der Waals surface area contributed by atoms with Crippen LogP contribution in [0.2, 0.25) is 5.15 Å². The predicted octanol–water partition coefficient (Wildman–Crippen LogP) is 2.58. The standard InChI is InChI=1S/C13H11ClFN3/c14-12-10-7-16-6-5-11(10)17-13(18-12)8-1-3-9(15)4-2-8/h1-4,16H,5-7H2. The third-order valence-electron chi connectivity index (χ3n) is 2.99. The van der Waals surface area contributed by atoms with Crippen molar-refractivity contribution < 1.29 is 4.39 Å². The first-order valence-electron chi connectivity index (χ1n) is 5.76. The molecule has 0 unspecified atom stereocenters. The third-order valence-corrected chi connectivity index (χ3v) is 3.30. The maximum atomic E-state index is 12.9. The van der Waals surface area contributed by atoms with Gasteiger partial charge in [-0.3, -0.25) is 0 Å². The Labute approximate surface area is 109 Å². The lowest BCUT2D eigenvalue weighted by Crippen LogP contribution is -2.25. The molecule has 3 rings (SSSR count). The molecule has 1 aliphatic heterocycles. The minimum Gasteiger partial charge on any atom is -0.312 e. The number of halogens is 2. The van der Waals surface area contributed by atoms with Crippen molar-refractivity contribution in [2.45, 2.75) is 13.0 Å². The van der Waals surface area contributed by atoms with Gasteiger partial charge in [0.25, 0.3) is 0 Å². The molecule has 1 N–H and O–H groups in total. The topological polar surface area (TPSA) is 37.8 Å². The molecule has 0 radical (unpaired) electrons. The molecule has 1 aromatic carbocycles. The summed E-state index contributed by atoms with van der Waals surface area (Å²) >= 11 is 6.16. The Balaban J connectivity index is 2.08. The zero-order valence-corrected chi connectivity index (χ0v) is 10.3. The Hall–Kier alpha value is -1.52. The van der Waals surface area contributed by atoms with E-state index in [2.05, 4.69) is 15.3 Å². The second-order valence-corrected chi connectivity index (χ2v) is 4.55. The van der Waals surface area contributed by atoms with Gasteiger partial charge in [0.1, 0.15) is 11.0 Å². The Bertz CT molecular complexity index is 584. The third kappa shape index (κ3) is 2.09. The van der Waals surface area contributed by atoms with Crippen molar-refractivity contribution in [3.05, 3.63) is 46.5 Å². The Morgan fingerprint density at radius 3 is 2.72 bits per heavy atom. The van der Waals surface area contributed by atoms with Gasteiger partial charge < -0.3 is 5.32 Å². The van der Waals surface area contributed by atoms with Crippen LogP contribution in [0.15, 0.2) is 24.3 Å². The van der Waals surface area contributed by atoms with Gasteiger partial charge in [-0.25, -0.2) is 14.4 Å². The Morgan fingerprint density at radius 2 is 1.94 bits per heavy atom. The van der Waals surface area contributed by atoms with Crippen LogP contribution < -0.4 is 5.32 Å². The summed E-state index contributed by atoms with van der Waals surface area (Å²) in [7, 11) is 0. The molecule has 1 aliphatic rings. The first kappa shape index (κ1) is 11.6. The highest BCUT2D eigenvalue weighted by atomic mass is 35.5. The second-order valence-electron chi connectivity index (χ2n) is 4.20. The van der Waals surface area contributed by atoms with Gasteiger partial charge in [-0.05, 0) is 24.3 Å². The summed E-state index contributed by atoms with van der Waals surface area (Å²) in [5, 5.41) is 3.71. The summed E-state index contributed by atoms with van der Waals surface area (Å²) in [5.41, 5.74) is 2.72. The minimum atomic E-state index is -0.271. The van der Waals surface area contributed by atoms with Crippen molar-refractivity contribution in [1.29, 1.82) is 0 Å². The van der Waals surface area contributed by atoms with Crippen molar-refractivity contribution in [3.63, 3.8) is 0 Å². The average Bonchev–Trinajstić information content (AvgIpc) is 2.39. The average molecular weight is 264 g/mol. The van der Waals surface area contributed by atoms with E-state index in [-0.39, 0.29) is 5.82 Å². The second kappa shape index (κ2) is 4.63. The molecule has 2 heterocycles. The van der Waals surface area contributed by atoms with Crippen molar-refractivity contribution in [2.24, 2.45) is 0 Å². The fourth-order valence-corrected chi connectivity index (χ4v) is 2.29. The molecule has 0 bridgehead atoms. The molecule has 1 aromatic heterocycles. The fraction of sp³-hybridized carbons (Fsp3) is 0.231. The number of nitrogens with zero attached hydrogens (tertiary/aromatic N) is 2. The van der Waals surface area contributed by atoms with Crippen molar-refractivity contribution in [1.82, 2.24) is 15.3 Å². The van der Waals surface area contributed by atoms with Crippen LogP contribution in [0.25, 0.3) is 11.4 Å². The van der Waals surface area contributed by atoms with E-state index in [1.807, 2.05) is 0 Å². The summed E-state index contributed by atoms with van der Waals surface area (Å²) in [5.74, 6) is 0.285. The van der Waals surface area contributed by atoms with E-state index >= 15 is 0 Å². The largest absolute Gasteiger partial charge is 0.312 e. The number of fused-ring (bicyclic) bond motifs is 1. The molecule has 5 heteroatoms. The summed E-state index contributed by atoms with van der Waals surface area (Å²) in [6.45, 7) is 1.60. The molecule has 0 aliphatic carbocycles. The van der Waals surface area contributed by atoms with Crippen molar-refractivity contribution in [3.8, 4) is 11.4 Å². The molecular weight excluding hydrogens is 253 g/mol. The number of benzene rings is 1. The summed E-state index contributed by atoms with van der Waals surface area (Å²) in [4.78, 5) is 8.79. The quantitative estimate of drug-likeness (QED) is 0.804. The van der Waals surface area contributed by atoms with Crippen LogP contribution in [0, 0.1) is 5.82 Å². The van der Waals surface area contributed by atoms with Crippen molar-refractivity contribution >= 4 is 11.6 Å². The maximum Gasteiger partial charge on any atom is 0.161 e. The number of nitrogens with one attached hydrogen (secondary N) is 1. The zero-order chi connectivity index (χ0) is 12.5. The molecule has 3 nitrogen and oxygen atoms in total. The van der Waals surface area contributed by atoms with Gasteiger partial charge in [-0.15, -0.1) is 0 Å². The smallest absolute Gasteiger partial charge is 0.161 e. The predicted molar refractivity (Wildman–Crippen MR) is 67.8 cm³/mol. The molecule has 92 valence electrons. The van der Waals surface area contributed by atoms with E-state index in [4.69, 9.17) is 11.6 Å². The van der Waals surface area contributed by atoms with Crippen LogP contribution in [-0.4, -0.2) is 16.5 Å². The molecule has 0 amide bonds. The highest BCUT2D eigenvalue weighted by Crippen LogP contribution is 2.24. The van der Waals surface area contributed by atoms with Gasteiger partial charge in [0.05, 0.1) is 5.69 Å². The lowest BCUT2D eigenvalue weighted by molar-refractivity contribution is 0.626. The summed E-state index contributed by atoms with van der Waals surface area (Å²) in [6.07, 6.45) is 0.839. The Morgan fingerprint density at radius 1 is 1.17 bits per heavy atom. The van der Waals surface area contributed by atoms with Crippen LogP contribution in [0.1, 0.15) is 11.3 Å². The highest BCUT2D eigenvalue weighted by Gasteiger charge is 2.16. The van der Waals surface area contributed by atoms with E-state index in [0.29, 0.717) is 17.5 Å². The van der Waals surface area contributed by atoms with E-state index in [0.717, 1.165) is 29.8 Å². The van der Waals surface area contributed by atoms with E-state index in [1.54, 1.807) is 12.1 Å². The SMILES string of the molecule is Fc1ccc(-c2nc(Cl)c3c(n2)CCNC3)cc1. The van der Waals surface area contributed by atoms with Gasteiger partial charge in [-0.1, -0.05) is 11.6 Å². The van der Waals surface area contributed by atoms with Crippen LogP contribution in [0.5, 0.6) is 0 Å². The first-order valence-corrected chi connectivity index (χ1v) is 6.14. The van der Waals surface area contributed by atoms with Crippen LogP contribution >= 0.6 is 11.6 Å². The maximum absolute atomic E-state index is 12.9. The van der Waals surface area contributed by atoms with Gasteiger partial charge in [0.15, 0.2) is 5.82 Å². The van der Waals surface area contributed by atoms with Gasteiger partial charge in [0.2, 0.25) is 0 Å². The van der Waals surface area contributed by atoms with E-state index < -0.39 is 0 Å². The monoisotopic (exact) mass is 263 g/mol. The molecular formula is C13H11ClFN3. The number of hydrogen-bond acceptors (Lipinski definition) is 3. The van der Waals surface area contributed by atoms with Crippen LogP contribution in [0.3, 0.4) is 0 Å². The van der Waals surface area contributed by atoms with Crippen LogP contribution in [0.4, 0.5) is 4.39 Å². The van der Waals surface area contributed by atoms with Gasteiger partial charge >= 0.3 is 0 Å². The molecule has 0 spiro atoms. The lowest BCUT2D eigenvalue weighted by Gasteiger charge is -2.17.